The molecular formula is C22H25Cl3N2O2S. The second kappa shape index (κ2) is 12.5. The van der Waals surface area contributed by atoms with Crippen LogP contribution in [0.1, 0.15) is 31.7 Å². The molecule has 4 nitrogen and oxygen atoms in total. The minimum absolute atomic E-state index is 0.0758. The van der Waals surface area contributed by atoms with Crippen molar-refractivity contribution in [1.82, 2.24) is 10.2 Å². The van der Waals surface area contributed by atoms with Crippen LogP contribution in [0.2, 0.25) is 15.1 Å². The van der Waals surface area contributed by atoms with E-state index in [2.05, 4.69) is 5.32 Å². The number of carbonyl (C=O) groups excluding carboxylic acids is 2. The summed E-state index contributed by atoms with van der Waals surface area (Å²) < 4.78 is 0. The normalized spacial score (nSPS) is 11.8. The molecule has 1 atom stereocenters. The van der Waals surface area contributed by atoms with Crippen LogP contribution < -0.4 is 5.32 Å². The van der Waals surface area contributed by atoms with Crippen molar-refractivity contribution in [3.8, 4) is 0 Å². The molecule has 0 aliphatic rings. The Labute approximate surface area is 197 Å². The molecular weight excluding hydrogens is 463 g/mol. The van der Waals surface area contributed by atoms with Gasteiger partial charge in [0.15, 0.2) is 0 Å². The van der Waals surface area contributed by atoms with Crippen molar-refractivity contribution in [2.24, 2.45) is 0 Å². The number of carbonyl (C=O) groups is 2. The molecule has 2 aromatic carbocycles. The fraction of sp³-hybridized carbons (Fsp3) is 0.364. The first-order chi connectivity index (χ1) is 14.3. The van der Waals surface area contributed by atoms with Crippen LogP contribution in [-0.4, -0.2) is 35.6 Å². The smallest absolute Gasteiger partial charge is 0.242 e. The van der Waals surface area contributed by atoms with Crippen LogP contribution in [0.3, 0.4) is 0 Å². The Kier molecular flexibility index (Phi) is 10.3. The molecule has 2 rings (SSSR count). The van der Waals surface area contributed by atoms with Crippen molar-refractivity contribution in [2.75, 3.05) is 12.8 Å². The van der Waals surface area contributed by atoms with Gasteiger partial charge in [-0.1, -0.05) is 47.8 Å². The zero-order chi connectivity index (χ0) is 22.1. The molecule has 0 radical (unpaired) electrons. The fourth-order valence-corrected chi connectivity index (χ4v) is 4.45. The standard InChI is InChI=1S/C22H25Cl3N2O2S/c1-3-20(22(29)26-2)27(14-15-6-7-17(24)13-19(15)25)21(28)5-4-12-30-18-10-8-16(23)9-11-18/h6-11,13,20H,3-5,12,14H2,1-2H3,(H,26,29). The van der Waals surface area contributed by atoms with Gasteiger partial charge in [0, 0.05) is 40.0 Å². The van der Waals surface area contributed by atoms with E-state index in [0.717, 1.165) is 16.2 Å². The maximum atomic E-state index is 13.1. The molecule has 0 heterocycles. The number of benzene rings is 2. The third-order valence-corrected chi connectivity index (χ3v) is 6.54. The van der Waals surface area contributed by atoms with Gasteiger partial charge in [-0.3, -0.25) is 9.59 Å². The van der Waals surface area contributed by atoms with Crippen molar-refractivity contribution in [3.63, 3.8) is 0 Å². The zero-order valence-corrected chi connectivity index (χ0v) is 20.0. The summed E-state index contributed by atoms with van der Waals surface area (Å²) in [5.41, 5.74) is 0.757. The summed E-state index contributed by atoms with van der Waals surface area (Å²) in [7, 11) is 1.58. The number of rotatable bonds is 10. The van der Waals surface area contributed by atoms with Gasteiger partial charge < -0.3 is 10.2 Å². The lowest BCUT2D eigenvalue weighted by Crippen LogP contribution is -2.48. The van der Waals surface area contributed by atoms with Crippen LogP contribution in [0, 0.1) is 0 Å². The number of halogens is 3. The summed E-state index contributed by atoms with van der Waals surface area (Å²) in [5, 5.41) is 4.36. The maximum absolute atomic E-state index is 13.1. The second-order valence-electron chi connectivity index (χ2n) is 6.70. The summed E-state index contributed by atoms with van der Waals surface area (Å²) in [5.74, 6) is 0.527. The van der Waals surface area contributed by atoms with E-state index in [-0.39, 0.29) is 18.4 Å². The lowest BCUT2D eigenvalue weighted by atomic mass is 10.1. The van der Waals surface area contributed by atoms with Gasteiger partial charge in [-0.15, -0.1) is 11.8 Å². The van der Waals surface area contributed by atoms with Gasteiger partial charge in [0.25, 0.3) is 0 Å². The van der Waals surface area contributed by atoms with Crippen LogP contribution in [-0.2, 0) is 16.1 Å². The highest BCUT2D eigenvalue weighted by Crippen LogP contribution is 2.25. The Bertz CT molecular complexity index is 862. The summed E-state index contributed by atoms with van der Waals surface area (Å²) in [6.07, 6.45) is 1.55. The average Bonchev–Trinajstić information content (AvgIpc) is 2.73. The van der Waals surface area contributed by atoms with Crippen molar-refractivity contribution in [2.45, 2.75) is 43.7 Å². The molecule has 30 heavy (non-hydrogen) atoms. The third-order valence-electron chi connectivity index (χ3n) is 4.61. The number of amides is 2. The van der Waals surface area contributed by atoms with E-state index in [0.29, 0.717) is 34.3 Å². The maximum Gasteiger partial charge on any atom is 0.242 e. The SMILES string of the molecule is CCC(C(=O)NC)N(Cc1ccc(Cl)cc1Cl)C(=O)CCCSc1ccc(Cl)cc1. The average molecular weight is 488 g/mol. The Hall–Kier alpha value is -1.40. The minimum atomic E-state index is -0.557. The van der Waals surface area contributed by atoms with Gasteiger partial charge in [0.1, 0.15) is 6.04 Å². The second-order valence-corrected chi connectivity index (χ2v) is 9.15. The molecule has 162 valence electrons. The number of hydrogen-bond donors (Lipinski definition) is 1. The van der Waals surface area contributed by atoms with Crippen molar-refractivity contribution in [3.05, 3.63) is 63.1 Å². The molecule has 2 aromatic rings. The fourth-order valence-electron chi connectivity index (χ4n) is 3.01. The first-order valence-electron chi connectivity index (χ1n) is 9.69. The van der Waals surface area contributed by atoms with Gasteiger partial charge in [0.2, 0.25) is 11.8 Å². The first-order valence-corrected chi connectivity index (χ1v) is 11.8. The third kappa shape index (κ3) is 7.38. The zero-order valence-electron chi connectivity index (χ0n) is 17.0. The number of nitrogens with one attached hydrogen (secondary N) is 1. The monoisotopic (exact) mass is 486 g/mol. The number of nitrogens with zero attached hydrogens (tertiary/aromatic N) is 1. The predicted octanol–water partition coefficient (Wildman–Crippen LogP) is 6.07. The van der Waals surface area contributed by atoms with Gasteiger partial charge >= 0.3 is 0 Å². The minimum Gasteiger partial charge on any atom is -0.357 e. The van der Waals surface area contributed by atoms with E-state index in [1.54, 1.807) is 41.9 Å². The number of hydrogen-bond acceptors (Lipinski definition) is 3. The Morgan fingerprint density at radius 2 is 1.73 bits per heavy atom. The molecule has 0 aromatic heterocycles. The van der Waals surface area contributed by atoms with E-state index in [9.17, 15) is 9.59 Å². The quantitative estimate of drug-likeness (QED) is 0.327. The van der Waals surface area contributed by atoms with Crippen molar-refractivity contribution < 1.29 is 9.59 Å². The molecule has 0 aliphatic carbocycles. The highest BCUT2D eigenvalue weighted by molar-refractivity contribution is 7.99. The van der Waals surface area contributed by atoms with Gasteiger partial charge in [-0.25, -0.2) is 0 Å². The van der Waals surface area contributed by atoms with E-state index in [1.807, 2.05) is 31.2 Å². The molecule has 0 saturated carbocycles. The molecule has 1 unspecified atom stereocenters. The van der Waals surface area contributed by atoms with E-state index < -0.39 is 6.04 Å². The van der Waals surface area contributed by atoms with Gasteiger partial charge in [-0.05, 0) is 60.6 Å². The Balaban J connectivity index is 2.05. The number of thioether (sulfide) groups is 1. The van der Waals surface area contributed by atoms with Gasteiger partial charge in [0.05, 0.1) is 0 Å². The summed E-state index contributed by atoms with van der Waals surface area (Å²) in [6, 6.07) is 12.2. The van der Waals surface area contributed by atoms with E-state index in [1.165, 1.54) is 0 Å². The van der Waals surface area contributed by atoms with Crippen LogP contribution >= 0.6 is 46.6 Å². The molecule has 0 saturated heterocycles. The lowest BCUT2D eigenvalue weighted by Gasteiger charge is -2.30. The predicted molar refractivity (Wildman–Crippen MR) is 127 cm³/mol. The molecule has 0 spiro atoms. The van der Waals surface area contributed by atoms with Crippen LogP contribution in [0.5, 0.6) is 0 Å². The van der Waals surface area contributed by atoms with E-state index in [4.69, 9.17) is 34.8 Å². The number of likely N-dealkylation sites (N-methyl/N-ethyl adjacent to an activating group) is 1. The molecule has 0 aliphatic heterocycles. The van der Waals surface area contributed by atoms with Crippen LogP contribution in [0.15, 0.2) is 47.4 Å². The van der Waals surface area contributed by atoms with Crippen LogP contribution in [0.25, 0.3) is 0 Å². The highest BCUT2D eigenvalue weighted by atomic mass is 35.5. The van der Waals surface area contributed by atoms with Crippen LogP contribution in [0.4, 0.5) is 0 Å². The topological polar surface area (TPSA) is 49.4 Å². The van der Waals surface area contributed by atoms with Gasteiger partial charge in [-0.2, -0.15) is 0 Å². The summed E-state index contributed by atoms with van der Waals surface area (Å²) >= 11 is 19.9. The molecule has 0 bridgehead atoms. The molecule has 1 N–H and O–H groups in total. The first kappa shape index (κ1) is 24.9. The highest BCUT2D eigenvalue weighted by Gasteiger charge is 2.28. The lowest BCUT2D eigenvalue weighted by molar-refractivity contribution is -0.141. The summed E-state index contributed by atoms with van der Waals surface area (Å²) in [4.78, 5) is 28.2. The van der Waals surface area contributed by atoms with Crippen molar-refractivity contribution >= 4 is 58.4 Å². The largest absolute Gasteiger partial charge is 0.357 e. The molecule has 2 amide bonds. The molecule has 0 fully saturated rings. The summed E-state index contributed by atoms with van der Waals surface area (Å²) in [6.45, 7) is 2.14. The van der Waals surface area contributed by atoms with E-state index >= 15 is 0 Å². The van der Waals surface area contributed by atoms with Crippen molar-refractivity contribution in [1.29, 1.82) is 0 Å². The Morgan fingerprint density at radius 3 is 2.33 bits per heavy atom. The Morgan fingerprint density at radius 1 is 1.07 bits per heavy atom. The molecule has 8 heteroatoms.